The van der Waals surface area contributed by atoms with Crippen LogP contribution in [0.25, 0.3) is 0 Å². The number of carbonyl (C=O) groups is 2. The highest BCUT2D eigenvalue weighted by molar-refractivity contribution is 5.82. The Morgan fingerprint density at radius 1 is 0.723 bits per heavy atom. The third kappa shape index (κ3) is 6.48. The molecule has 4 aromatic carbocycles. The second-order valence-electron chi connectivity index (χ2n) is 13.2. The number of nitrogens with zero attached hydrogens (tertiary/aromatic N) is 1. The zero-order chi connectivity index (χ0) is 33.7. The average molecular weight is 636 g/mol. The summed E-state index contributed by atoms with van der Waals surface area (Å²) in [5.41, 5.74) is -1.43. The summed E-state index contributed by atoms with van der Waals surface area (Å²) in [4.78, 5) is 27.9. The average Bonchev–Trinajstić information content (AvgIpc) is 3.11. The molecule has 1 aliphatic heterocycles. The molecule has 0 aliphatic carbocycles. The highest BCUT2D eigenvalue weighted by Gasteiger charge is 2.52. The molecule has 47 heavy (non-hydrogen) atoms. The van der Waals surface area contributed by atoms with Crippen LogP contribution in [0, 0.1) is 5.92 Å². The lowest BCUT2D eigenvalue weighted by molar-refractivity contribution is -0.150. The van der Waals surface area contributed by atoms with Crippen molar-refractivity contribution < 1.29 is 30.0 Å². The van der Waals surface area contributed by atoms with Crippen LogP contribution in [-0.4, -0.2) is 62.5 Å². The number of benzene rings is 4. The van der Waals surface area contributed by atoms with E-state index >= 15 is 0 Å². The minimum Gasteiger partial charge on any atom is -0.481 e. The van der Waals surface area contributed by atoms with Crippen molar-refractivity contribution in [2.24, 2.45) is 5.92 Å². The van der Waals surface area contributed by atoms with Crippen LogP contribution in [0.5, 0.6) is 0 Å². The van der Waals surface area contributed by atoms with Crippen molar-refractivity contribution in [1.82, 2.24) is 4.90 Å². The monoisotopic (exact) mass is 635 g/mol. The number of aliphatic hydroxyl groups excluding tert-OH is 1. The smallest absolute Gasteiger partial charge is 0.316 e. The van der Waals surface area contributed by atoms with E-state index in [-0.39, 0.29) is 12.3 Å². The second-order valence-corrected chi connectivity index (χ2v) is 13.2. The molecule has 7 nitrogen and oxygen atoms in total. The van der Waals surface area contributed by atoms with Gasteiger partial charge in [0.15, 0.2) is 0 Å². The van der Waals surface area contributed by atoms with Gasteiger partial charge < -0.3 is 20.4 Å². The minimum absolute atomic E-state index is 0.220. The van der Waals surface area contributed by atoms with Gasteiger partial charge in [-0.1, -0.05) is 121 Å². The number of likely N-dealkylation sites (tertiary alicyclic amines) is 1. The zero-order valence-corrected chi connectivity index (χ0v) is 27.1. The van der Waals surface area contributed by atoms with Gasteiger partial charge >= 0.3 is 11.9 Å². The third-order valence-corrected chi connectivity index (χ3v) is 10.6. The van der Waals surface area contributed by atoms with Gasteiger partial charge in [0.25, 0.3) is 0 Å². The normalized spacial score (nSPS) is 20.4. The van der Waals surface area contributed by atoms with Crippen molar-refractivity contribution in [1.29, 1.82) is 0 Å². The topological polar surface area (TPSA) is 118 Å². The fourth-order valence-electron chi connectivity index (χ4n) is 7.55. The summed E-state index contributed by atoms with van der Waals surface area (Å²) in [6.45, 7) is 4.30. The van der Waals surface area contributed by atoms with Crippen LogP contribution in [0.4, 0.5) is 0 Å². The van der Waals surface area contributed by atoms with E-state index in [0.29, 0.717) is 43.5 Å². The Hall–Kier alpha value is -4.30. The molecule has 0 radical (unpaired) electrons. The molecular formula is C40H45NO6. The summed E-state index contributed by atoms with van der Waals surface area (Å²) in [7, 11) is 0. The van der Waals surface area contributed by atoms with Crippen LogP contribution in [0.1, 0.15) is 61.8 Å². The van der Waals surface area contributed by atoms with Crippen molar-refractivity contribution in [2.75, 3.05) is 13.1 Å². The van der Waals surface area contributed by atoms with Gasteiger partial charge in [-0.25, -0.2) is 0 Å². The molecule has 0 saturated carbocycles. The molecule has 5 atom stereocenters. The fourth-order valence-corrected chi connectivity index (χ4v) is 7.55. The number of aliphatic hydroxyl groups is 2. The van der Waals surface area contributed by atoms with E-state index in [1.54, 1.807) is 38.1 Å². The van der Waals surface area contributed by atoms with Gasteiger partial charge in [0.1, 0.15) is 16.4 Å². The second kappa shape index (κ2) is 14.2. The Kier molecular flexibility index (Phi) is 10.3. The number of hydrogen-bond acceptors (Lipinski definition) is 5. The lowest BCUT2D eigenvalue weighted by Gasteiger charge is -2.51. The number of carboxylic acid groups (broad SMARTS) is 2. The number of hydrogen-bond donors (Lipinski definition) is 4. The molecule has 5 rings (SSSR count). The highest BCUT2D eigenvalue weighted by Crippen LogP contribution is 2.47. The SMILES string of the molecule is CC(C(=O)O)(c1ccccc1)C1CC(C(O)(c2ccccc2)c2ccccc2)CCN1CCC[C@H](O)C(C)(C(=O)O)c1ccccc1. The zero-order valence-electron chi connectivity index (χ0n) is 27.1. The van der Waals surface area contributed by atoms with Gasteiger partial charge in [-0.15, -0.1) is 0 Å². The number of aliphatic carboxylic acids is 2. The van der Waals surface area contributed by atoms with Gasteiger partial charge in [0.2, 0.25) is 0 Å². The first-order chi connectivity index (χ1) is 22.5. The summed E-state index contributed by atoms with van der Waals surface area (Å²) in [6.07, 6.45) is 0.541. The first-order valence-electron chi connectivity index (χ1n) is 16.4. The molecule has 1 aliphatic rings. The summed E-state index contributed by atoms with van der Waals surface area (Å²) in [5.74, 6) is -2.35. The highest BCUT2D eigenvalue weighted by atomic mass is 16.4. The molecule has 246 valence electrons. The Balaban J connectivity index is 1.48. The molecule has 0 bridgehead atoms. The predicted octanol–water partition coefficient (Wildman–Crippen LogP) is 6.23. The molecule has 0 amide bonds. The maximum atomic E-state index is 13.3. The van der Waals surface area contributed by atoms with Crippen molar-refractivity contribution in [3.63, 3.8) is 0 Å². The molecule has 0 spiro atoms. The van der Waals surface area contributed by atoms with E-state index in [9.17, 15) is 30.0 Å². The van der Waals surface area contributed by atoms with Gasteiger partial charge in [-0.2, -0.15) is 0 Å². The van der Waals surface area contributed by atoms with Gasteiger partial charge in [-0.3, -0.25) is 14.5 Å². The fraction of sp³-hybridized carbons (Fsp3) is 0.350. The molecule has 4 aromatic rings. The molecule has 1 heterocycles. The van der Waals surface area contributed by atoms with Crippen LogP contribution in [-0.2, 0) is 26.0 Å². The summed E-state index contributed by atoms with van der Waals surface area (Å²) in [6, 6.07) is 36.7. The molecule has 1 fully saturated rings. The summed E-state index contributed by atoms with van der Waals surface area (Å²) in [5, 5.41) is 45.1. The maximum absolute atomic E-state index is 13.3. The number of carboxylic acids is 2. The van der Waals surface area contributed by atoms with Gasteiger partial charge in [0, 0.05) is 6.04 Å². The van der Waals surface area contributed by atoms with Crippen LogP contribution >= 0.6 is 0 Å². The van der Waals surface area contributed by atoms with Crippen LogP contribution in [0.3, 0.4) is 0 Å². The van der Waals surface area contributed by atoms with Gasteiger partial charge in [0.05, 0.1) is 6.10 Å². The van der Waals surface area contributed by atoms with Crippen molar-refractivity contribution >= 4 is 11.9 Å². The number of rotatable bonds is 13. The van der Waals surface area contributed by atoms with E-state index in [1.807, 2.05) is 97.1 Å². The van der Waals surface area contributed by atoms with E-state index in [2.05, 4.69) is 4.90 Å². The first-order valence-corrected chi connectivity index (χ1v) is 16.4. The summed E-state index contributed by atoms with van der Waals surface area (Å²) >= 11 is 0. The van der Waals surface area contributed by atoms with E-state index < -0.39 is 40.5 Å². The Morgan fingerprint density at radius 3 is 1.62 bits per heavy atom. The largest absolute Gasteiger partial charge is 0.481 e. The minimum atomic E-state index is -1.49. The van der Waals surface area contributed by atoms with Crippen molar-refractivity contribution in [3.05, 3.63) is 144 Å². The third-order valence-electron chi connectivity index (χ3n) is 10.6. The van der Waals surface area contributed by atoms with Crippen LogP contribution in [0.2, 0.25) is 0 Å². The molecule has 7 heteroatoms. The van der Waals surface area contributed by atoms with Crippen LogP contribution in [0.15, 0.2) is 121 Å². The van der Waals surface area contributed by atoms with Gasteiger partial charge in [-0.05, 0) is 80.8 Å². The standard InChI is InChI=1S/C40H45NO6/c1-38(36(43)44,29-16-7-3-8-17-29)34-28-33(40(47,31-20-11-5-12-21-31)32-22-13-6-14-23-32)25-27-41(34)26-15-24-35(42)39(2,37(45)46)30-18-9-4-10-19-30/h3-14,16-23,33-35,42,47H,15,24-28H2,1-2H3,(H,43,44)(H,45,46)/t33?,34?,35-,38?,39?/m0/s1. The molecule has 0 aromatic heterocycles. The maximum Gasteiger partial charge on any atom is 0.316 e. The Bertz CT molecular complexity index is 1580. The lowest BCUT2D eigenvalue weighted by Crippen LogP contribution is -2.59. The molecule has 4 N–H and O–H groups in total. The van der Waals surface area contributed by atoms with E-state index in [1.165, 1.54) is 0 Å². The Morgan fingerprint density at radius 2 is 1.17 bits per heavy atom. The number of piperidine rings is 1. The van der Waals surface area contributed by atoms with Crippen molar-refractivity contribution in [3.8, 4) is 0 Å². The van der Waals surface area contributed by atoms with Crippen molar-refractivity contribution in [2.45, 2.75) is 68.1 Å². The first kappa shape index (κ1) is 34.0. The quantitative estimate of drug-likeness (QED) is 0.138. The predicted molar refractivity (Wildman–Crippen MR) is 182 cm³/mol. The summed E-state index contributed by atoms with van der Waals surface area (Å²) < 4.78 is 0. The molecule has 4 unspecified atom stereocenters. The lowest BCUT2D eigenvalue weighted by atomic mass is 9.64. The van der Waals surface area contributed by atoms with E-state index in [4.69, 9.17) is 0 Å². The van der Waals surface area contributed by atoms with Crippen LogP contribution < -0.4 is 0 Å². The Labute approximate surface area is 277 Å². The van der Waals surface area contributed by atoms with E-state index in [0.717, 1.165) is 11.1 Å². The molecule has 1 saturated heterocycles. The molecular weight excluding hydrogens is 590 g/mol.